The minimum absolute atomic E-state index is 0.372. The molecule has 2 N–H and O–H groups in total. The van der Waals surface area contributed by atoms with E-state index < -0.39 is 0 Å². The van der Waals surface area contributed by atoms with Gasteiger partial charge in [0.15, 0.2) is 0 Å². The second-order valence-electron chi connectivity index (χ2n) is 2.56. The number of aromatic amines is 1. The Labute approximate surface area is 89.8 Å². The quantitative estimate of drug-likeness (QED) is 0.608. The maximum Gasteiger partial charge on any atom is 0.242 e. The summed E-state index contributed by atoms with van der Waals surface area (Å²) in [7, 11) is 0. The number of anilines is 1. The third-order valence-electron chi connectivity index (χ3n) is 1.69. The van der Waals surface area contributed by atoms with E-state index in [0.29, 0.717) is 4.77 Å². The molecule has 2 aromatic rings. The van der Waals surface area contributed by atoms with Crippen LogP contribution in [0.4, 0.5) is 5.69 Å². The molecule has 0 aliphatic rings. The van der Waals surface area contributed by atoms with Crippen molar-refractivity contribution in [3.05, 3.63) is 29.0 Å². The van der Waals surface area contributed by atoms with E-state index in [-0.39, 0.29) is 0 Å². The van der Waals surface area contributed by atoms with Gasteiger partial charge in [0.05, 0.1) is 11.4 Å². The molecule has 0 fully saturated rings. The molecule has 0 aliphatic carbocycles. The highest BCUT2D eigenvalue weighted by Gasteiger charge is 1.99. The molecular weight excluding hydrogens is 222 g/mol. The lowest BCUT2D eigenvalue weighted by Crippen LogP contribution is -1.97. The second kappa shape index (κ2) is 3.77. The van der Waals surface area contributed by atoms with Gasteiger partial charge in [-0.15, -0.1) is 0 Å². The molecule has 0 aliphatic heterocycles. The molecule has 1 aromatic carbocycles. The number of halogens is 1. The molecule has 0 saturated carbocycles. The van der Waals surface area contributed by atoms with E-state index in [2.05, 4.69) is 20.4 Å². The van der Waals surface area contributed by atoms with Gasteiger partial charge in [-0.05, 0) is 30.4 Å². The van der Waals surface area contributed by atoms with Crippen LogP contribution >= 0.6 is 24.0 Å². The molecule has 0 atom stereocenters. The van der Waals surface area contributed by atoms with Crippen molar-refractivity contribution in [3.63, 3.8) is 0 Å². The normalized spacial score (nSPS) is 10.1. The molecule has 7 heteroatoms. The standard InChI is InChI=1S/C7H6ClN5S/c8-9-5-2-1-3-6(4-5)13-7(14)10-11-12-13/h1-4,9H,(H,10,12,14). The van der Waals surface area contributed by atoms with Gasteiger partial charge in [-0.3, -0.25) is 4.84 Å². The highest BCUT2D eigenvalue weighted by molar-refractivity contribution is 7.71. The zero-order valence-corrected chi connectivity index (χ0v) is 8.51. The van der Waals surface area contributed by atoms with Crippen molar-refractivity contribution in [3.8, 4) is 5.69 Å². The highest BCUT2D eigenvalue weighted by atomic mass is 35.5. The molecule has 1 heterocycles. The first-order valence-electron chi connectivity index (χ1n) is 3.78. The lowest BCUT2D eigenvalue weighted by atomic mass is 10.3. The third kappa shape index (κ3) is 1.61. The number of benzene rings is 1. The number of hydrogen-bond acceptors (Lipinski definition) is 4. The first-order valence-corrected chi connectivity index (χ1v) is 4.57. The number of aromatic nitrogens is 4. The van der Waals surface area contributed by atoms with Gasteiger partial charge in [0.2, 0.25) is 4.77 Å². The van der Waals surface area contributed by atoms with Gasteiger partial charge in [0.25, 0.3) is 0 Å². The summed E-state index contributed by atoms with van der Waals surface area (Å²) >= 11 is 10.4. The fraction of sp³-hybridized carbons (Fsp3) is 0. The number of tetrazole rings is 1. The first kappa shape index (κ1) is 9.17. The summed E-state index contributed by atoms with van der Waals surface area (Å²) in [4.78, 5) is 2.52. The van der Waals surface area contributed by atoms with Crippen LogP contribution in [0, 0.1) is 4.77 Å². The Morgan fingerprint density at radius 1 is 1.50 bits per heavy atom. The summed E-state index contributed by atoms with van der Waals surface area (Å²) in [5.74, 6) is 0. The molecule has 0 radical (unpaired) electrons. The average molecular weight is 228 g/mol. The second-order valence-corrected chi connectivity index (χ2v) is 3.12. The monoisotopic (exact) mass is 227 g/mol. The van der Waals surface area contributed by atoms with Crippen LogP contribution < -0.4 is 4.84 Å². The topological polar surface area (TPSA) is 58.5 Å². The van der Waals surface area contributed by atoms with Crippen molar-refractivity contribution < 1.29 is 0 Å². The molecule has 0 bridgehead atoms. The Hall–Kier alpha value is -1.40. The first-order chi connectivity index (χ1) is 6.81. The van der Waals surface area contributed by atoms with Gasteiger partial charge in [-0.1, -0.05) is 16.4 Å². The molecular formula is C7H6ClN5S. The van der Waals surface area contributed by atoms with E-state index in [1.807, 2.05) is 24.3 Å². The van der Waals surface area contributed by atoms with Crippen LogP contribution in [0.1, 0.15) is 0 Å². The maximum absolute atomic E-state index is 5.47. The molecule has 5 nitrogen and oxygen atoms in total. The zero-order valence-electron chi connectivity index (χ0n) is 6.94. The van der Waals surface area contributed by atoms with Crippen LogP contribution in [0.2, 0.25) is 0 Å². The summed E-state index contributed by atoms with van der Waals surface area (Å²) in [6.45, 7) is 0. The Morgan fingerprint density at radius 3 is 3.00 bits per heavy atom. The number of nitrogens with zero attached hydrogens (tertiary/aromatic N) is 3. The Balaban J connectivity index is 2.52. The van der Waals surface area contributed by atoms with Gasteiger partial charge in [0.1, 0.15) is 0 Å². The van der Waals surface area contributed by atoms with Gasteiger partial charge in [-0.25, -0.2) is 4.68 Å². The summed E-state index contributed by atoms with van der Waals surface area (Å²) in [6, 6.07) is 7.38. The van der Waals surface area contributed by atoms with Gasteiger partial charge in [0, 0.05) is 11.8 Å². The van der Waals surface area contributed by atoms with Crippen molar-refractivity contribution >= 4 is 29.7 Å². The predicted octanol–water partition coefficient (Wildman–Crippen LogP) is 1.89. The Bertz CT molecular complexity index is 491. The van der Waals surface area contributed by atoms with E-state index in [9.17, 15) is 0 Å². The van der Waals surface area contributed by atoms with Crippen LogP contribution in [0.5, 0.6) is 0 Å². The van der Waals surface area contributed by atoms with Crippen molar-refractivity contribution in [2.45, 2.75) is 0 Å². The summed E-state index contributed by atoms with van der Waals surface area (Å²) < 4.78 is 1.95. The summed E-state index contributed by atoms with van der Waals surface area (Å²) in [6.07, 6.45) is 0. The van der Waals surface area contributed by atoms with Gasteiger partial charge >= 0.3 is 0 Å². The fourth-order valence-electron chi connectivity index (χ4n) is 1.07. The molecule has 0 spiro atoms. The molecule has 14 heavy (non-hydrogen) atoms. The highest BCUT2D eigenvalue weighted by Crippen LogP contribution is 2.13. The number of hydrogen-bond donors (Lipinski definition) is 2. The predicted molar refractivity (Wildman–Crippen MR) is 56.0 cm³/mol. The van der Waals surface area contributed by atoms with Gasteiger partial charge in [-0.2, -0.15) is 5.21 Å². The summed E-state index contributed by atoms with van der Waals surface area (Å²) in [5.41, 5.74) is 1.60. The smallest absolute Gasteiger partial charge is 0.242 e. The van der Waals surface area contributed by atoms with Crippen molar-refractivity contribution in [2.75, 3.05) is 4.84 Å². The van der Waals surface area contributed by atoms with Crippen LogP contribution in [0.3, 0.4) is 0 Å². The zero-order chi connectivity index (χ0) is 9.97. The lowest BCUT2D eigenvalue weighted by molar-refractivity contribution is 0.786. The number of nitrogens with one attached hydrogen (secondary N) is 2. The van der Waals surface area contributed by atoms with Crippen molar-refractivity contribution in [2.24, 2.45) is 0 Å². The molecule has 0 amide bonds. The largest absolute Gasteiger partial charge is 0.298 e. The molecule has 1 aromatic heterocycles. The van der Waals surface area contributed by atoms with E-state index >= 15 is 0 Å². The molecule has 0 unspecified atom stereocenters. The Morgan fingerprint density at radius 2 is 2.36 bits per heavy atom. The fourth-order valence-corrected chi connectivity index (χ4v) is 1.37. The van der Waals surface area contributed by atoms with E-state index in [1.165, 1.54) is 0 Å². The van der Waals surface area contributed by atoms with Crippen LogP contribution in [0.25, 0.3) is 5.69 Å². The third-order valence-corrected chi connectivity index (χ3v) is 2.17. The van der Waals surface area contributed by atoms with Crippen molar-refractivity contribution in [1.29, 1.82) is 0 Å². The van der Waals surface area contributed by atoms with Crippen LogP contribution in [0.15, 0.2) is 24.3 Å². The van der Waals surface area contributed by atoms with Gasteiger partial charge < -0.3 is 0 Å². The number of rotatable bonds is 2. The maximum atomic E-state index is 5.47. The summed E-state index contributed by atoms with van der Waals surface area (Å²) in [5, 5.41) is 9.90. The minimum atomic E-state index is 0.372. The van der Waals surface area contributed by atoms with Crippen LogP contribution in [-0.2, 0) is 0 Å². The van der Waals surface area contributed by atoms with Crippen molar-refractivity contribution in [1.82, 2.24) is 20.2 Å². The average Bonchev–Trinajstić information content (AvgIpc) is 2.65. The van der Waals surface area contributed by atoms with E-state index in [0.717, 1.165) is 11.4 Å². The minimum Gasteiger partial charge on any atom is -0.298 e. The van der Waals surface area contributed by atoms with E-state index in [1.54, 1.807) is 4.68 Å². The Kier molecular flexibility index (Phi) is 2.47. The van der Waals surface area contributed by atoms with E-state index in [4.69, 9.17) is 24.0 Å². The molecule has 0 saturated heterocycles. The number of H-pyrrole nitrogens is 1. The lowest BCUT2D eigenvalue weighted by Gasteiger charge is -2.02. The molecule has 72 valence electrons. The SMILES string of the molecule is S=c1nn[nH]n1-c1cccc(NCl)c1. The molecule has 2 rings (SSSR count). The van der Waals surface area contributed by atoms with Crippen LogP contribution in [-0.4, -0.2) is 20.2 Å².